The summed E-state index contributed by atoms with van der Waals surface area (Å²) in [6.45, 7) is 2.38. The van der Waals surface area contributed by atoms with Crippen LogP contribution in [0.25, 0.3) is 0 Å². The topological polar surface area (TPSA) is 21.9 Å². The Bertz CT molecular complexity index is 133. The first-order chi connectivity index (χ1) is 4.81. The first-order valence-electron chi connectivity index (χ1n) is 4.59. The first-order valence-corrected chi connectivity index (χ1v) is 4.59. The Morgan fingerprint density at radius 2 is 2.00 bits per heavy atom. The van der Waals surface area contributed by atoms with E-state index in [9.17, 15) is 0 Å². The Kier molecular flexibility index (Phi) is 1.48. The van der Waals surface area contributed by atoms with Gasteiger partial charge in [0.1, 0.15) is 0 Å². The van der Waals surface area contributed by atoms with Crippen molar-refractivity contribution in [1.82, 2.24) is 5.32 Å². The second-order valence-corrected chi connectivity index (χ2v) is 4.07. The fraction of sp³-hybridized carbons (Fsp3) is 1.00. The molecule has 1 heteroatoms. The van der Waals surface area contributed by atoms with E-state index in [1.54, 1.807) is 0 Å². The summed E-state index contributed by atoms with van der Waals surface area (Å²) in [6, 6.07) is 0.882. The van der Waals surface area contributed by atoms with Crippen LogP contribution in [0.4, 0.5) is 0 Å². The molecule has 2 rings (SSSR count). The summed E-state index contributed by atoms with van der Waals surface area (Å²) in [7, 11) is 0. The van der Waals surface area contributed by atoms with Crippen LogP contribution in [-0.4, -0.2) is 11.6 Å². The van der Waals surface area contributed by atoms with Crippen LogP contribution in [0.1, 0.15) is 45.4 Å². The molecule has 1 N–H and O–H groups in total. The van der Waals surface area contributed by atoms with Crippen LogP contribution in [-0.2, 0) is 0 Å². The van der Waals surface area contributed by atoms with Gasteiger partial charge in [0.15, 0.2) is 0 Å². The molecule has 0 aromatic carbocycles. The van der Waals surface area contributed by atoms with E-state index in [0.717, 1.165) is 6.04 Å². The molecule has 2 aliphatic rings. The second-order valence-electron chi connectivity index (χ2n) is 4.07. The third kappa shape index (κ3) is 1.07. The van der Waals surface area contributed by atoms with Crippen molar-refractivity contribution in [2.45, 2.75) is 57.0 Å². The van der Waals surface area contributed by atoms with Crippen molar-refractivity contribution in [2.24, 2.45) is 0 Å². The highest BCUT2D eigenvalue weighted by Gasteiger charge is 2.47. The molecular weight excluding hydrogens is 122 g/mol. The fourth-order valence-electron chi connectivity index (χ4n) is 2.19. The molecular formula is C9H17N. The zero-order chi connectivity index (χ0) is 7.03. The highest BCUT2D eigenvalue weighted by Crippen LogP contribution is 2.36. The molecule has 2 unspecified atom stereocenters. The van der Waals surface area contributed by atoms with E-state index < -0.39 is 0 Å². The van der Waals surface area contributed by atoms with E-state index in [1.165, 1.54) is 38.5 Å². The van der Waals surface area contributed by atoms with Gasteiger partial charge in [-0.1, -0.05) is 25.7 Å². The number of fused-ring (bicyclic) bond motifs is 1. The van der Waals surface area contributed by atoms with Gasteiger partial charge in [-0.2, -0.15) is 0 Å². The zero-order valence-electron chi connectivity index (χ0n) is 6.82. The van der Waals surface area contributed by atoms with Crippen molar-refractivity contribution < 1.29 is 0 Å². The lowest BCUT2D eigenvalue weighted by atomic mass is 9.93. The first kappa shape index (κ1) is 6.66. The summed E-state index contributed by atoms with van der Waals surface area (Å²) in [5.41, 5.74) is 0.570. The number of nitrogens with one attached hydrogen (secondary N) is 1. The Labute approximate surface area is 63.2 Å². The van der Waals surface area contributed by atoms with E-state index in [0.29, 0.717) is 5.54 Å². The molecule has 1 heterocycles. The van der Waals surface area contributed by atoms with Gasteiger partial charge in [0.25, 0.3) is 0 Å². The quantitative estimate of drug-likeness (QED) is 0.510. The van der Waals surface area contributed by atoms with Crippen molar-refractivity contribution in [3.63, 3.8) is 0 Å². The summed E-state index contributed by atoms with van der Waals surface area (Å²) in [5, 5.41) is 3.59. The molecule has 2 fully saturated rings. The molecule has 0 radical (unpaired) electrons. The lowest BCUT2D eigenvalue weighted by molar-refractivity contribution is 0.484. The van der Waals surface area contributed by atoms with Crippen LogP contribution in [0.5, 0.6) is 0 Å². The minimum absolute atomic E-state index is 0.570. The minimum atomic E-state index is 0.570. The standard InChI is InChI=1S/C9H17N/c1-9-7-5-3-2-4-6-8(9)10-9/h8,10H,2-7H2,1H3. The van der Waals surface area contributed by atoms with Gasteiger partial charge in [-0.05, 0) is 19.8 Å². The Hall–Kier alpha value is -0.0400. The molecule has 1 saturated carbocycles. The number of rotatable bonds is 0. The van der Waals surface area contributed by atoms with E-state index in [-0.39, 0.29) is 0 Å². The summed E-state index contributed by atoms with van der Waals surface area (Å²) < 4.78 is 0. The minimum Gasteiger partial charge on any atom is -0.305 e. The number of hydrogen-bond donors (Lipinski definition) is 1. The van der Waals surface area contributed by atoms with Gasteiger partial charge in [0.05, 0.1) is 0 Å². The van der Waals surface area contributed by atoms with E-state index >= 15 is 0 Å². The molecule has 0 spiro atoms. The van der Waals surface area contributed by atoms with Gasteiger partial charge in [0, 0.05) is 11.6 Å². The average molecular weight is 139 g/mol. The molecule has 1 aliphatic heterocycles. The van der Waals surface area contributed by atoms with Crippen molar-refractivity contribution in [1.29, 1.82) is 0 Å². The summed E-state index contributed by atoms with van der Waals surface area (Å²) in [4.78, 5) is 0. The largest absolute Gasteiger partial charge is 0.305 e. The van der Waals surface area contributed by atoms with Gasteiger partial charge in [-0.15, -0.1) is 0 Å². The third-order valence-corrected chi connectivity index (χ3v) is 3.13. The van der Waals surface area contributed by atoms with Crippen LogP contribution in [0.3, 0.4) is 0 Å². The molecule has 0 amide bonds. The van der Waals surface area contributed by atoms with Crippen LogP contribution in [0.15, 0.2) is 0 Å². The lowest BCUT2D eigenvalue weighted by Crippen LogP contribution is -2.12. The molecule has 1 nitrogen and oxygen atoms in total. The molecule has 1 aliphatic carbocycles. The molecule has 2 atom stereocenters. The fourth-order valence-corrected chi connectivity index (χ4v) is 2.19. The number of hydrogen-bond acceptors (Lipinski definition) is 1. The average Bonchev–Trinajstić information content (AvgIpc) is 2.44. The molecule has 0 aromatic rings. The molecule has 58 valence electrons. The third-order valence-electron chi connectivity index (χ3n) is 3.13. The van der Waals surface area contributed by atoms with E-state index in [2.05, 4.69) is 12.2 Å². The Balaban J connectivity index is 1.91. The van der Waals surface area contributed by atoms with Gasteiger partial charge < -0.3 is 5.32 Å². The Morgan fingerprint density at radius 3 is 2.90 bits per heavy atom. The van der Waals surface area contributed by atoms with E-state index in [4.69, 9.17) is 0 Å². The van der Waals surface area contributed by atoms with Crippen LogP contribution in [0.2, 0.25) is 0 Å². The summed E-state index contributed by atoms with van der Waals surface area (Å²) >= 11 is 0. The van der Waals surface area contributed by atoms with Crippen LogP contribution in [0, 0.1) is 0 Å². The van der Waals surface area contributed by atoms with Gasteiger partial charge in [-0.25, -0.2) is 0 Å². The van der Waals surface area contributed by atoms with Crippen LogP contribution >= 0.6 is 0 Å². The van der Waals surface area contributed by atoms with Crippen molar-refractivity contribution in [3.05, 3.63) is 0 Å². The van der Waals surface area contributed by atoms with E-state index in [1.807, 2.05) is 0 Å². The van der Waals surface area contributed by atoms with Crippen LogP contribution < -0.4 is 5.32 Å². The van der Waals surface area contributed by atoms with Gasteiger partial charge in [0.2, 0.25) is 0 Å². The predicted octanol–water partition coefficient (Wildman–Crippen LogP) is 2.07. The smallest absolute Gasteiger partial charge is 0.0310 e. The van der Waals surface area contributed by atoms with Gasteiger partial charge in [-0.3, -0.25) is 0 Å². The predicted molar refractivity (Wildman–Crippen MR) is 43.0 cm³/mol. The lowest BCUT2D eigenvalue weighted by Gasteiger charge is -2.11. The van der Waals surface area contributed by atoms with Crippen molar-refractivity contribution in [2.75, 3.05) is 0 Å². The van der Waals surface area contributed by atoms with Crippen molar-refractivity contribution >= 4 is 0 Å². The molecule has 0 aromatic heterocycles. The van der Waals surface area contributed by atoms with Gasteiger partial charge >= 0.3 is 0 Å². The summed E-state index contributed by atoms with van der Waals surface area (Å²) in [6.07, 6.45) is 8.67. The normalized spacial score (nSPS) is 47.1. The SMILES string of the molecule is CC12CCCCCCC1N2. The zero-order valence-corrected chi connectivity index (χ0v) is 6.82. The van der Waals surface area contributed by atoms with Crippen molar-refractivity contribution in [3.8, 4) is 0 Å². The molecule has 10 heavy (non-hydrogen) atoms. The monoisotopic (exact) mass is 139 g/mol. The molecule has 1 saturated heterocycles. The highest BCUT2D eigenvalue weighted by molar-refractivity contribution is 5.10. The second kappa shape index (κ2) is 2.23. The maximum Gasteiger partial charge on any atom is 0.0310 e. The molecule has 0 bridgehead atoms. The highest BCUT2D eigenvalue weighted by atomic mass is 15.2. The Morgan fingerprint density at radius 1 is 1.20 bits per heavy atom. The maximum absolute atomic E-state index is 3.59. The summed E-state index contributed by atoms with van der Waals surface area (Å²) in [5.74, 6) is 0. The maximum atomic E-state index is 3.59.